The van der Waals surface area contributed by atoms with Crippen molar-refractivity contribution in [3.8, 4) is 0 Å². The molecule has 3 heteroatoms. The Hall–Kier alpha value is -1.77. The van der Waals surface area contributed by atoms with Crippen molar-refractivity contribution in [2.24, 2.45) is 0 Å². The number of nitrogens with one attached hydrogen (secondary N) is 1. The van der Waals surface area contributed by atoms with E-state index < -0.39 is 0 Å². The van der Waals surface area contributed by atoms with E-state index in [1.807, 2.05) is 25.1 Å². The predicted molar refractivity (Wildman–Crippen MR) is 78.3 cm³/mol. The van der Waals surface area contributed by atoms with Crippen LogP contribution in [0.5, 0.6) is 0 Å². The van der Waals surface area contributed by atoms with Crippen molar-refractivity contribution >= 4 is 5.97 Å². The maximum Gasteiger partial charge on any atom is 0.338 e. The average Bonchev–Trinajstić information content (AvgIpc) is 2.42. The maximum absolute atomic E-state index is 11.7. The molecule has 0 aliphatic heterocycles. The molecule has 0 aliphatic carbocycles. The standard InChI is InChI=1S/C16H23NO2/c1-5-10-17-13(3)7-9-14-8-6-12(2)11-15(14)16(18)19-4/h6,8,11,17H,3,5,7,9-10H2,1-2,4H3. The second-order valence-electron chi connectivity index (χ2n) is 4.68. The molecule has 0 heterocycles. The molecule has 0 spiro atoms. The maximum atomic E-state index is 11.7. The van der Waals surface area contributed by atoms with Gasteiger partial charge < -0.3 is 10.1 Å². The largest absolute Gasteiger partial charge is 0.465 e. The molecule has 0 aromatic heterocycles. The van der Waals surface area contributed by atoms with Crippen molar-refractivity contribution in [3.05, 3.63) is 47.2 Å². The molecule has 0 unspecified atom stereocenters. The fraction of sp³-hybridized carbons (Fsp3) is 0.438. The first-order chi connectivity index (χ1) is 9.08. The zero-order valence-corrected chi connectivity index (χ0v) is 12.1. The third-order valence-corrected chi connectivity index (χ3v) is 2.99. The van der Waals surface area contributed by atoms with Crippen LogP contribution in [0, 0.1) is 6.92 Å². The van der Waals surface area contributed by atoms with Gasteiger partial charge in [0, 0.05) is 12.2 Å². The van der Waals surface area contributed by atoms with Crippen LogP contribution >= 0.6 is 0 Å². The number of hydrogen-bond donors (Lipinski definition) is 1. The van der Waals surface area contributed by atoms with Crippen LogP contribution in [0.3, 0.4) is 0 Å². The van der Waals surface area contributed by atoms with Gasteiger partial charge in [-0.05, 0) is 37.8 Å². The number of methoxy groups -OCH3 is 1. The van der Waals surface area contributed by atoms with Crippen LogP contribution < -0.4 is 5.32 Å². The lowest BCUT2D eigenvalue weighted by Gasteiger charge is -2.11. The number of carbonyl (C=O) groups is 1. The number of aryl methyl sites for hydroxylation is 2. The van der Waals surface area contributed by atoms with Crippen LogP contribution in [0.4, 0.5) is 0 Å². The summed E-state index contributed by atoms with van der Waals surface area (Å²) in [7, 11) is 1.41. The summed E-state index contributed by atoms with van der Waals surface area (Å²) in [5.41, 5.74) is 3.74. The highest BCUT2D eigenvalue weighted by Crippen LogP contribution is 2.16. The number of allylic oxidation sites excluding steroid dienone is 1. The second-order valence-corrected chi connectivity index (χ2v) is 4.68. The van der Waals surface area contributed by atoms with E-state index >= 15 is 0 Å². The molecule has 1 rings (SSSR count). The summed E-state index contributed by atoms with van der Waals surface area (Å²) in [5.74, 6) is -0.272. The van der Waals surface area contributed by atoms with Crippen LogP contribution in [0.1, 0.15) is 41.3 Å². The van der Waals surface area contributed by atoms with E-state index in [2.05, 4.69) is 18.8 Å². The first-order valence-electron chi connectivity index (χ1n) is 6.68. The molecule has 0 saturated carbocycles. The third kappa shape index (κ3) is 4.78. The lowest BCUT2D eigenvalue weighted by molar-refractivity contribution is 0.0599. The van der Waals surface area contributed by atoms with Crippen molar-refractivity contribution in [2.75, 3.05) is 13.7 Å². The third-order valence-electron chi connectivity index (χ3n) is 2.99. The van der Waals surface area contributed by atoms with Crippen molar-refractivity contribution in [1.29, 1.82) is 0 Å². The highest BCUT2D eigenvalue weighted by molar-refractivity contribution is 5.91. The molecule has 19 heavy (non-hydrogen) atoms. The average molecular weight is 261 g/mol. The summed E-state index contributed by atoms with van der Waals surface area (Å²) in [4.78, 5) is 11.7. The fourth-order valence-electron chi connectivity index (χ4n) is 1.88. The Morgan fingerprint density at radius 3 is 2.79 bits per heavy atom. The number of benzene rings is 1. The van der Waals surface area contributed by atoms with Gasteiger partial charge in [-0.3, -0.25) is 0 Å². The number of hydrogen-bond acceptors (Lipinski definition) is 3. The Kier molecular flexibility index (Phi) is 6.13. The first-order valence-corrected chi connectivity index (χ1v) is 6.68. The summed E-state index contributed by atoms with van der Waals surface area (Å²) in [5, 5.41) is 3.27. The lowest BCUT2D eigenvalue weighted by atomic mass is 10.00. The van der Waals surface area contributed by atoms with E-state index in [1.54, 1.807) is 0 Å². The van der Waals surface area contributed by atoms with Gasteiger partial charge in [-0.15, -0.1) is 0 Å². The minimum atomic E-state index is -0.272. The molecular weight excluding hydrogens is 238 g/mol. The Labute approximate surface area is 115 Å². The first kappa shape index (κ1) is 15.3. The monoisotopic (exact) mass is 261 g/mol. The van der Waals surface area contributed by atoms with E-state index in [0.29, 0.717) is 5.56 Å². The van der Waals surface area contributed by atoms with Gasteiger partial charge in [0.15, 0.2) is 0 Å². The van der Waals surface area contributed by atoms with Gasteiger partial charge in [0.2, 0.25) is 0 Å². The molecule has 1 N–H and O–H groups in total. The fourth-order valence-corrected chi connectivity index (χ4v) is 1.88. The van der Waals surface area contributed by atoms with Crippen LogP contribution in [0.2, 0.25) is 0 Å². The molecule has 0 radical (unpaired) electrons. The zero-order valence-electron chi connectivity index (χ0n) is 12.1. The Morgan fingerprint density at radius 2 is 2.16 bits per heavy atom. The molecule has 104 valence electrons. The van der Waals surface area contributed by atoms with Crippen LogP contribution in [0.25, 0.3) is 0 Å². The lowest BCUT2D eigenvalue weighted by Crippen LogP contribution is -2.14. The van der Waals surface area contributed by atoms with Crippen molar-refractivity contribution in [2.45, 2.75) is 33.1 Å². The molecular formula is C16H23NO2. The number of rotatable bonds is 7. The topological polar surface area (TPSA) is 38.3 Å². The van der Waals surface area contributed by atoms with Crippen LogP contribution in [-0.2, 0) is 11.2 Å². The van der Waals surface area contributed by atoms with Gasteiger partial charge in [0.05, 0.1) is 12.7 Å². The van der Waals surface area contributed by atoms with E-state index in [-0.39, 0.29) is 5.97 Å². The van der Waals surface area contributed by atoms with Crippen molar-refractivity contribution in [3.63, 3.8) is 0 Å². The van der Waals surface area contributed by atoms with E-state index in [9.17, 15) is 4.79 Å². The van der Waals surface area contributed by atoms with Crippen LogP contribution in [0.15, 0.2) is 30.5 Å². The molecule has 0 amide bonds. The molecule has 1 aromatic carbocycles. The molecule has 1 aromatic rings. The molecule has 0 fully saturated rings. The Balaban J connectivity index is 2.72. The summed E-state index contributed by atoms with van der Waals surface area (Å²) >= 11 is 0. The highest BCUT2D eigenvalue weighted by Gasteiger charge is 2.11. The predicted octanol–water partition coefficient (Wildman–Crippen LogP) is 3.23. The Morgan fingerprint density at radius 1 is 1.42 bits per heavy atom. The van der Waals surface area contributed by atoms with E-state index in [1.165, 1.54) is 7.11 Å². The number of ether oxygens (including phenoxy) is 1. The SMILES string of the molecule is C=C(CCc1ccc(C)cc1C(=O)OC)NCCC. The Bertz CT molecular complexity index is 452. The van der Waals surface area contributed by atoms with E-state index in [0.717, 1.165) is 42.6 Å². The summed E-state index contributed by atoms with van der Waals surface area (Å²) in [6.45, 7) is 9.02. The van der Waals surface area contributed by atoms with Crippen molar-refractivity contribution in [1.82, 2.24) is 5.32 Å². The molecule has 0 bridgehead atoms. The summed E-state index contributed by atoms with van der Waals surface area (Å²) in [6.07, 6.45) is 2.70. The molecule has 0 saturated heterocycles. The van der Waals surface area contributed by atoms with Gasteiger partial charge in [0.25, 0.3) is 0 Å². The molecule has 3 nitrogen and oxygen atoms in total. The number of carbonyl (C=O) groups excluding carboxylic acids is 1. The van der Waals surface area contributed by atoms with Gasteiger partial charge >= 0.3 is 5.97 Å². The van der Waals surface area contributed by atoms with E-state index in [4.69, 9.17) is 4.74 Å². The zero-order chi connectivity index (χ0) is 14.3. The number of esters is 1. The van der Waals surface area contributed by atoms with Gasteiger partial charge in [-0.2, -0.15) is 0 Å². The van der Waals surface area contributed by atoms with Gasteiger partial charge in [0.1, 0.15) is 0 Å². The van der Waals surface area contributed by atoms with Crippen LogP contribution in [-0.4, -0.2) is 19.6 Å². The summed E-state index contributed by atoms with van der Waals surface area (Å²) < 4.78 is 4.83. The van der Waals surface area contributed by atoms with Gasteiger partial charge in [-0.1, -0.05) is 31.2 Å². The normalized spacial score (nSPS) is 10.1. The molecule has 0 aliphatic rings. The second kappa shape index (κ2) is 7.62. The highest BCUT2D eigenvalue weighted by atomic mass is 16.5. The van der Waals surface area contributed by atoms with Gasteiger partial charge in [-0.25, -0.2) is 4.79 Å². The van der Waals surface area contributed by atoms with Crippen molar-refractivity contribution < 1.29 is 9.53 Å². The minimum Gasteiger partial charge on any atom is -0.465 e. The quantitative estimate of drug-likeness (QED) is 0.766. The summed E-state index contributed by atoms with van der Waals surface area (Å²) in [6, 6.07) is 5.89. The minimum absolute atomic E-state index is 0.272. The molecule has 0 atom stereocenters. The smallest absolute Gasteiger partial charge is 0.338 e.